The predicted octanol–water partition coefficient (Wildman–Crippen LogP) is 1.92. The molecule has 4 rings (SSSR count). The number of rotatable bonds is 1. The van der Waals surface area contributed by atoms with Crippen molar-refractivity contribution in [1.82, 2.24) is 9.97 Å². The topological polar surface area (TPSA) is 54.2 Å². The number of nitrogens with one attached hydrogen (secondary N) is 1. The third kappa shape index (κ3) is 1.66. The predicted molar refractivity (Wildman–Crippen MR) is 68.6 cm³/mol. The number of H-pyrrole nitrogens is 1. The molecule has 4 nitrogen and oxygen atoms in total. The van der Waals surface area contributed by atoms with E-state index in [9.17, 15) is 4.39 Å². The van der Waals surface area contributed by atoms with Gasteiger partial charge >= 0.3 is 0 Å². The Labute approximate surface area is 107 Å². The van der Waals surface area contributed by atoms with Crippen LogP contribution in [0.5, 0.6) is 0 Å². The van der Waals surface area contributed by atoms with Gasteiger partial charge in [0.1, 0.15) is 5.35 Å². The molecule has 0 saturated heterocycles. The largest absolute Gasteiger partial charge is 0.418 e. The lowest BCUT2D eigenvalue weighted by Gasteiger charge is -1.97. The first-order valence-corrected chi connectivity index (χ1v) is 6.06. The quantitative estimate of drug-likeness (QED) is 0.675. The maximum atomic E-state index is 13.1. The van der Waals surface area contributed by atoms with Crippen molar-refractivity contribution in [2.45, 2.75) is 12.7 Å². The number of halogens is 1. The van der Waals surface area contributed by atoms with E-state index in [4.69, 9.17) is 4.42 Å². The highest BCUT2D eigenvalue weighted by Crippen LogP contribution is 2.21. The molecule has 19 heavy (non-hydrogen) atoms. The van der Waals surface area contributed by atoms with E-state index in [0.29, 0.717) is 11.2 Å². The first kappa shape index (κ1) is 10.5. The zero-order chi connectivity index (χ0) is 12.8. The normalized spacial score (nSPS) is 17.8. The molecule has 3 aromatic rings. The van der Waals surface area contributed by atoms with Gasteiger partial charge in [-0.25, -0.2) is 14.4 Å². The van der Waals surface area contributed by atoms with Gasteiger partial charge in [-0.3, -0.25) is 0 Å². The summed E-state index contributed by atoms with van der Waals surface area (Å²) in [6.07, 6.45) is 2.63. The second-order valence-electron chi connectivity index (χ2n) is 4.49. The highest BCUT2D eigenvalue weighted by Gasteiger charge is 2.13. The number of fused-ring (bicyclic) bond motifs is 2. The van der Waals surface area contributed by atoms with E-state index in [-0.39, 0.29) is 12.0 Å². The molecule has 1 unspecified atom stereocenters. The lowest BCUT2D eigenvalue weighted by atomic mass is 10.1. The third-order valence-corrected chi connectivity index (χ3v) is 3.20. The number of benzene rings is 1. The van der Waals surface area contributed by atoms with Gasteiger partial charge in [0.25, 0.3) is 0 Å². The van der Waals surface area contributed by atoms with Crippen LogP contribution in [-0.4, -0.2) is 16.3 Å². The fraction of sp³-hybridized carbons (Fsp3) is 0.143. The summed E-state index contributed by atoms with van der Waals surface area (Å²) in [4.78, 5) is 11.3. The van der Waals surface area contributed by atoms with Crippen LogP contribution in [0.15, 0.2) is 39.9 Å². The second kappa shape index (κ2) is 3.78. The Morgan fingerprint density at radius 2 is 2.26 bits per heavy atom. The van der Waals surface area contributed by atoms with E-state index in [2.05, 4.69) is 15.0 Å². The molecule has 0 aliphatic carbocycles. The van der Waals surface area contributed by atoms with E-state index >= 15 is 0 Å². The second-order valence-corrected chi connectivity index (χ2v) is 4.49. The Kier molecular flexibility index (Phi) is 2.09. The molecular weight excluding hydrogens is 245 g/mol. The maximum Gasteiger partial charge on any atom is 0.245 e. The minimum Gasteiger partial charge on any atom is -0.418 e. The van der Waals surface area contributed by atoms with Crippen molar-refractivity contribution in [3.05, 3.63) is 41.4 Å². The summed E-state index contributed by atoms with van der Waals surface area (Å²) in [6.45, 7) is 0. The van der Waals surface area contributed by atoms with Crippen molar-refractivity contribution in [1.29, 1.82) is 0 Å². The van der Waals surface area contributed by atoms with Crippen LogP contribution in [0.3, 0.4) is 0 Å². The van der Waals surface area contributed by atoms with Crippen LogP contribution < -0.4 is 10.9 Å². The maximum absolute atomic E-state index is 13.1. The van der Waals surface area contributed by atoms with Crippen molar-refractivity contribution in [2.24, 2.45) is 4.99 Å². The van der Waals surface area contributed by atoms with Gasteiger partial charge < -0.3 is 9.40 Å². The van der Waals surface area contributed by atoms with Gasteiger partial charge in [-0.1, -0.05) is 6.07 Å². The summed E-state index contributed by atoms with van der Waals surface area (Å²) < 4.78 is 18.7. The van der Waals surface area contributed by atoms with Crippen molar-refractivity contribution >= 4 is 17.0 Å². The summed E-state index contributed by atoms with van der Waals surface area (Å²) in [5, 5.41) is 1.75. The first-order chi connectivity index (χ1) is 9.29. The van der Waals surface area contributed by atoms with Gasteiger partial charge in [-0.15, -0.1) is 0 Å². The summed E-state index contributed by atoms with van der Waals surface area (Å²) in [5.41, 5.74) is 2.14. The highest BCUT2D eigenvalue weighted by atomic mass is 19.1. The number of nitrogens with zero attached hydrogens (tertiary/aromatic N) is 2. The lowest BCUT2D eigenvalue weighted by molar-refractivity contribution is 0.329. The number of oxazole rings is 1. The minimum absolute atomic E-state index is 0.259. The van der Waals surface area contributed by atoms with Crippen LogP contribution in [0.4, 0.5) is 4.39 Å². The lowest BCUT2D eigenvalue weighted by Crippen LogP contribution is -2.28. The average Bonchev–Trinajstić information content (AvgIpc) is 3.02. The standard InChI is InChI=1S/C14H10FN3O/c15-12-4-3-10-14(18-12)19-13(17-10)9-2-1-8-5-6-16-11(8)7-9/h1-3,5-7,12,16H,4H2. The molecule has 1 atom stereocenters. The van der Waals surface area contributed by atoms with E-state index in [1.165, 1.54) is 0 Å². The van der Waals surface area contributed by atoms with Crippen LogP contribution in [0.25, 0.3) is 28.4 Å². The van der Waals surface area contributed by atoms with Crippen LogP contribution in [0.1, 0.15) is 6.42 Å². The van der Waals surface area contributed by atoms with Gasteiger partial charge in [0.15, 0.2) is 6.30 Å². The third-order valence-electron chi connectivity index (χ3n) is 3.20. The molecule has 0 radical (unpaired) electrons. The Hall–Kier alpha value is -2.43. The molecule has 0 bridgehead atoms. The Balaban J connectivity index is 1.91. The van der Waals surface area contributed by atoms with Crippen molar-refractivity contribution in [2.75, 3.05) is 0 Å². The van der Waals surface area contributed by atoms with E-state index in [1.54, 1.807) is 6.08 Å². The van der Waals surface area contributed by atoms with Gasteiger partial charge in [0, 0.05) is 23.7 Å². The summed E-state index contributed by atoms with van der Waals surface area (Å²) in [6, 6.07) is 7.87. The molecule has 3 heterocycles. The molecule has 2 aromatic heterocycles. The first-order valence-electron chi connectivity index (χ1n) is 6.06. The zero-order valence-electron chi connectivity index (χ0n) is 9.93. The molecule has 0 fully saturated rings. The highest BCUT2D eigenvalue weighted by molar-refractivity contribution is 5.83. The molecule has 0 spiro atoms. The van der Waals surface area contributed by atoms with Gasteiger partial charge in [0.2, 0.25) is 11.4 Å². The van der Waals surface area contributed by atoms with Crippen LogP contribution in [0, 0.1) is 0 Å². The molecule has 94 valence electrons. The van der Waals surface area contributed by atoms with E-state index in [1.807, 2.05) is 30.5 Å². The van der Waals surface area contributed by atoms with Crippen molar-refractivity contribution < 1.29 is 8.81 Å². The van der Waals surface area contributed by atoms with Gasteiger partial charge in [-0.2, -0.15) is 0 Å². The number of hydrogen-bond acceptors (Lipinski definition) is 3. The fourth-order valence-electron chi connectivity index (χ4n) is 2.24. The molecule has 1 N–H and O–H groups in total. The molecule has 1 aromatic carbocycles. The monoisotopic (exact) mass is 255 g/mol. The zero-order valence-corrected chi connectivity index (χ0v) is 9.93. The minimum atomic E-state index is -1.22. The number of aromatic nitrogens is 2. The van der Waals surface area contributed by atoms with Crippen molar-refractivity contribution in [3.8, 4) is 11.5 Å². The molecule has 0 saturated carbocycles. The molecule has 5 heteroatoms. The molecule has 1 aliphatic rings. The Morgan fingerprint density at radius 1 is 1.32 bits per heavy atom. The summed E-state index contributed by atoms with van der Waals surface area (Å²) >= 11 is 0. The number of aromatic amines is 1. The molecule has 0 amide bonds. The average molecular weight is 255 g/mol. The summed E-state index contributed by atoms with van der Waals surface area (Å²) in [7, 11) is 0. The van der Waals surface area contributed by atoms with Gasteiger partial charge in [0.05, 0.1) is 0 Å². The van der Waals surface area contributed by atoms with Crippen LogP contribution >= 0.6 is 0 Å². The van der Waals surface area contributed by atoms with Gasteiger partial charge in [-0.05, 0) is 29.7 Å². The Bertz CT molecular complexity index is 878. The fourth-order valence-corrected chi connectivity index (χ4v) is 2.24. The smallest absolute Gasteiger partial charge is 0.245 e. The van der Waals surface area contributed by atoms with Crippen LogP contribution in [-0.2, 0) is 0 Å². The number of alkyl halides is 1. The van der Waals surface area contributed by atoms with E-state index in [0.717, 1.165) is 16.5 Å². The van der Waals surface area contributed by atoms with Crippen molar-refractivity contribution in [3.63, 3.8) is 0 Å². The van der Waals surface area contributed by atoms with Crippen LogP contribution in [0.2, 0.25) is 0 Å². The number of hydrogen-bond donors (Lipinski definition) is 1. The van der Waals surface area contributed by atoms with E-state index < -0.39 is 6.30 Å². The molecular formula is C14H10FN3O. The summed E-state index contributed by atoms with van der Waals surface area (Å²) in [5.74, 6) is 0.468. The SMILES string of the molecule is FC1CC=c2nc(-c3ccc4cc[nH]c4c3)oc2=N1. The Morgan fingerprint density at radius 3 is 3.21 bits per heavy atom. The molecule has 1 aliphatic heterocycles.